The Kier molecular flexibility index (Phi) is 8.91. The van der Waals surface area contributed by atoms with Gasteiger partial charge in [0.2, 0.25) is 0 Å². The number of aliphatic hydroxyl groups excluding tert-OH is 1. The summed E-state index contributed by atoms with van der Waals surface area (Å²) in [6, 6.07) is 12.6. The molecule has 156 valence electrons. The number of hydrogen-bond acceptors (Lipinski definition) is 2. The van der Waals surface area contributed by atoms with Crippen LogP contribution in [-0.4, -0.2) is 35.7 Å². The first-order valence-corrected chi connectivity index (χ1v) is 9.59. The standard InChI is InChI=1S/C22H27FN4O.HI/c1-3-24-22(27-14-21(28)16-6-4-15(2)5-7-16)25-11-10-17-13-26-20-9-8-18(23)12-19(17)20;/h4-9,12-13,21,26,28H,3,10-11,14H2,1-2H3,(H2,24,25,27);1H. The zero-order chi connectivity index (χ0) is 19.9. The van der Waals surface area contributed by atoms with Gasteiger partial charge in [0.1, 0.15) is 5.82 Å². The first kappa shape index (κ1) is 23.2. The molecule has 0 fully saturated rings. The van der Waals surface area contributed by atoms with Crippen LogP contribution in [-0.2, 0) is 6.42 Å². The van der Waals surface area contributed by atoms with Crippen molar-refractivity contribution in [1.29, 1.82) is 0 Å². The van der Waals surface area contributed by atoms with Gasteiger partial charge in [0.15, 0.2) is 5.96 Å². The minimum atomic E-state index is -0.646. The largest absolute Gasteiger partial charge is 0.386 e. The van der Waals surface area contributed by atoms with Gasteiger partial charge in [0, 0.05) is 30.2 Å². The van der Waals surface area contributed by atoms with Crippen LogP contribution in [0.2, 0.25) is 0 Å². The number of aryl methyl sites for hydroxylation is 1. The zero-order valence-corrected chi connectivity index (χ0v) is 19.0. The third kappa shape index (κ3) is 6.43. The summed E-state index contributed by atoms with van der Waals surface area (Å²) in [5, 5.41) is 17.7. The van der Waals surface area contributed by atoms with E-state index in [9.17, 15) is 9.50 Å². The van der Waals surface area contributed by atoms with Crippen molar-refractivity contribution in [1.82, 2.24) is 15.6 Å². The van der Waals surface area contributed by atoms with E-state index in [1.807, 2.05) is 44.3 Å². The molecule has 7 heteroatoms. The van der Waals surface area contributed by atoms with Crippen LogP contribution in [0.1, 0.15) is 29.7 Å². The number of hydrogen-bond donors (Lipinski definition) is 4. The third-order valence-electron chi connectivity index (χ3n) is 4.64. The summed E-state index contributed by atoms with van der Waals surface area (Å²) >= 11 is 0. The summed E-state index contributed by atoms with van der Waals surface area (Å²) in [6.07, 6.45) is 2.00. The Morgan fingerprint density at radius 2 is 1.93 bits per heavy atom. The lowest BCUT2D eigenvalue weighted by atomic mass is 10.1. The highest BCUT2D eigenvalue weighted by Gasteiger charge is 2.08. The number of nitrogens with zero attached hydrogens (tertiary/aromatic N) is 1. The lowest BCUT2D eigenvalue weighted by molar-refractivity contribution is 0.187. The molecule has 3 aromatic rings. The molecule has 0 radical (unpaired) electrons. The molecule has 2 aromatic carbocycles. The fourth-order valence-electron chi connectivity index (χ4n) is 3.09. The molecule has 1 aromatic heterocycles. The maximum absolute atomic E-state index is 13.5. The molecule has 0 saturated carbocycles. The molecule has 3 rings (SSSR count). The number of aromatic nitrogens is 1. The second kappa shape index (κ2) is 11.2. The predicted octanol–water partition coefficient (Wildman–Crippen LogP) is 4.06. The number of halogens is 2. The topological polar surface area (TPSA) is 72.4 Å². The van der Waals surface area contributed by atoms with Gasteiger partial charge in [0.05, 0.1) is 12.6 Å². The van der Waals surface area contributed by atoms with Crippen molar-refractivity contribution >= 4 is 40.8 Å². The van der Waals surface area contributed by atoms with Crippen LogP contribution < -0.4 is 10.6 Å². The van der Waals surface area contributed by atoms with Crippen LogP contribution in [0.15, 0.2) is 53.7 Å². The van der Waals surface area contributed by atoms with Crippen molar-refractivity contribution in [3.63, 3.8) is 0 Å². The van der Waals surface area contributed by atoms with Crippen molar-refractivity contribution < 1.29 is 9.50 Å². The van der Waals surface area contributed by atoms with Crippen molar-refractivity contribution in [2.24, 2.45) is 4.99 Å². The van der Waals surface area contributed by atoms with E-state index in [1.165, 1.54) is 6.07 Å². The fraction of sp³-hybridized carbons (Fsp3) is 0.318. The lowest BCUT2D eigenvalue weighted by Gasteiger charge is -2.13. The molecule has 1 atom stereocenters. The molecule has 0 amide bonds. The first-order chi connectivity index (χ1) is 13.6. The third-order valence-corrected chi connectivity index (χ3v) is 4.64. The van der Waals surface area contributed by atoms with E-state index in [2.05, 4.69) is 20.6 Å². The Morgan fingerprint density at radius 3 is 2.66 bits per heavy atom. The van der Waals surface area contributed by atoms with Gasteiger partial charge in [-0.1, -0.05) is 29.8 Å². The van der Waals surface area contributed by atoms with Gasteiger partial charge in [-0.3, -0.25) is 4.99 Å². The fourth-order valence-corrected chi connectivity index (χ4v) is 3.09. The highest BCUT2D eigenvalue weighted by Crippen LogP contribution is 2.19. The molecule has 0 aliphatic carbocycles. The zero-order valence-electron chi connectivity index (χ0n) is 16.7. The molecule has 1 unspecified atom stereocenters. The number of rotatable bonds is 7. The van der Waals surface area contributed by atoms with Gasteiger partial charge < -0.3 is 20.7 Å². The average molecular weight is 510 g/mol. The van der Waals surface area contributed by atoms with Crippen molar-refractivity contribution in [2.75, 3.05) is 19.6 Å². The highest BCUT2D eigenvalue weighted by atomic mass is 127. The Bertz CT molecular complexity index is 940. The molecule has 1 heterocycles. The lowest BCUT2D eigenvalue weighted by Crippen LogP contribution is -2.38. The molecule has 0 saturated heterocycles. The number of nitrogens with one attached hydrogen (secondary N) is 3. The van der Waals surface area contributed by atoms with Gasteiger partial charge in [-0.15, -0.1) is 24.0 Å². The van der Waals surface area contributed by atoms with Crippen LogP contribution in [0.4, 0.5) is 4.39 Å². The molecule has 0 aliphatic rings. The highest BCUT2D eigenvalue weighted by molar-refractivity contribution is 14.0. The predicted molar refractivity (Wildman–Crippen MR) is 127 cm³/mol. The number of aliphatic imine (C=N–C) groups is 1. The van der Waals surface area contributed by atoms with Crippen molar-refractivity contribution in [3.05, 3.63) is 71.2 Å². The maximum atomic E-state index is 13.5. The second-order valence-electron chi connectivity index (χ2n) is 6.83. The van der Waals surface area contributed by atoms with Crippen LogP contribution in [0.25, 0.3) is 10.9 Å². The van der Waals surface area contributed by atoms with E-state index in [-0.39, 0.29) is 36.3 Å². The van der Waals surface area contributed by atoms with E-state index in [4.69, 9.17) is 0 Å². The monoisotopic (exact) mass is 510 g/mol. The smallest absolute Gasteiger partial charge is 0.191 e. The number of aliphatic hydroxyl groups is 1. The number of benzene rings is 2. The normalized spacial score (nSPS) is 12.5. The second-order valence-corrected chi connectivity index (χ2v) is 6.83. The molecule has 29 heavy (non-hydrogen) atoms. The summed E-state index contributed by atoms with van der Waals surface area (Å²) in [5.74, 6) is 0.418. The summed E-state index contributed by atoms with van der Waals surface area (Å²) in [7, 11) is 0. The van der Waals surface area contributed by atoms with Crippen molar-refractivity contribution in [3.8, 4) is 0 Å². The average Bonchev–Trinajstić information content (AvgIpc) is 3.08. The van der Waals surface area contributed by atoms with Crippen LogP contribution >= 0.6 is 24.0 Å². The Morgan fingerprint density at radius 1 is 1.17 bits per heavy atom. The molecule has 0 aliphatic heterocycles. The molecular weight excluding hydrogens is 482 g/mol. The van der Waals surface area contributed by atoms with Gasteiger partial charge >= 0.3 is 0 Å². The van der Waals surface area contributed by atoms with E-state index in [0.717, 1.165) is 40.6 Å². The SMILES string of the molecule is CCNC(=NCC(O)c1ccc(C)cc1)NCCc1c[nH]c2ccc(F)cc12.I. The van der Waals surface area contributed by atoms with Gasteiger partial charge in [-0.2, -0.15) is 0 Å². The minimum Gasteiger partial charge on any atom is -0.386 e. The number of aromatic amines is 1. The molecule has 5 nitrogen and oxygen atoms in total. The summed E-state index contributed by atoms with van der Waals surface area (Å²) in [4.78, 5) is 7.65. The molecular formula is C22H28FIN4O. The van der Waals surface area contributed by atoms with Gasteiger partial charge in [0.25, 0.3) is 0 Å². The van der Waals surface area contributed by atoms with Crippen LogP contribution in [0, 0.1) is 12.7 Å². The molecule has 0 bridgehead atoms. The Hall–Kier alpha value is -2.13. The Balaban J connectivity index is 0.00000300. The van der Waals surface area contributed by atoms with Crippen LogP contribution in [0.3, 0.4) is 0 Å². The van der Waals surface area contributed by atoms with Gasteiger partial charge in [-0.25, -0.2) is 4.39 Å². The maximum Gasteiger partial charge on any atom is 0.191 e. The Labute approximate surface area is 187 Å². The quantitative estimate of drug-likeness (QED) is 0.220. The number of H-pyrrole nitrogens is 1. The molecule has 4 N–H and O–H groups in total. The van der Waals surface area contributed by atoms with E-state index in [1.54, 1.807) is 12.1 Å². The minimum absolute atomic E-state index is 0. The van der Waals surface area contributed by atoms with Gasteiger partial charge in [-0.05, 0) is 49.6 Å². The first-order valence-electron chi connectivity index (χ1n) is 9.59. The summed E-state index contributed by atoms with van der Waals surface area (Å²) in [6.45, 7) is 5.66. The van der Waals surface area contributed by atoms with E-state index < -0.39 is 6.10 Å². The van der Waals surface area contributed by atoms with Crippen LogP contribution in [0.5, 0.6) is 0 Å². The van der Waals surface area contributed by atoms with E-state index in [0.29, 0.717) is 12.5 Å². The number of guanidine groups is 1. The molecule has 0 spiro atoms. The number of fused-ring (bicyclic) bond motifs is 1. The summed E-state index contributed by atoms with van der Waals surface area (Å²) in [5.41, 5.74) is 3.99. The van der Waals surface area contributed by atoms with E-state index >= 15 is 0 Å². The summed E-state index contributed by atoms with van der Waals surface area (Å²) < 4.78 is 13.5. The van der Waals surface area contributed by atoms with Crippen molar-refractivity contribution in [2.45, 2.75) is 26.4 Å².